The topological polar surface area (TPSA) is 15.6 Å². The molecule has 0 N–H and O–H groups in total. The van der Waals surface area contributed by atoms with Crippen LogP contribution in [0.2, 0.25) is 5.02 Å². The van der Waals surface area contributed by atoms with E-state index in [0.29, 0.717) is 0 Å². The van der Waals surface area contributed by atoms with Gasteiger partial charge in [0.15, 0.2) is 0 Å². The normalized spacial score (nSPS) is 16.1. The van der Waals surface area contributed by atoms with Crippen LogP contribution in [0.1, 0.15) is 43.0 Å². The maximum atomic E-state index is 6.20. The van der Waals surface area contributed by atoms with E-state index in [9.17, 15) is 0 Å². The third-order valence-electron chi connectivity index (χ3n) is 5.19. The average molecular weight is 353 g/mol. The van der Waals surface area contributed by atoms with Crippen LogP contribution in [-0.4, -0.2) is 18.8 Å². The van der Waals surface area contributed by atoms with Crippen LogP contribution in [0.3, 0.4) is 0 Å². The van der Waals surface area contributed by atoms with Crippen molar-refractivity contribution in [3.63, 3.8) is 0 Å². The first-order valence-corrected chi connectivity index (χ1v) is 8.96. The number of benzene rings is 2. The molecule has 1 aliphatic heterocycles. The molecular weight excluding hydrogens is 328 g/mol. The van der Waals surface area contributed by atoms with Crippen LogP contribution in [0.4, 0.5) is 11.4 Å². The third-order valence-corrected chi connectivity index (χ3v) is 5.60. The second-order valence-electron chi connectivity index (χ2n) is 7.41. The first-order chi connectivity index (χ1) is 11.7. The van der Waals surface area contributed by atoms with Gasteiger partial charge in [0.05, 0.1) is 11.2 Å². The van der Waals surface area contributed by atoms with E-state index in [0.717, 1.165) is 21.8 Å². The summed E-state index contributed by atoms with van der Waals surface area (Å²) in [5.74, 6) is 0. The predicted molar refractivity (Wildman–Crippen MR) is 111 cm³/mol. The van der Waals surface area contributed by atoms with Crippen molar-refractivity contribution in [1.29, 1.82) is 0 Å². The summed E-state index contributed by atoms with van der Waals surface area (Å²) in [6.45, 7) is 10.8. The molecule has 2 aromatic rings. The molecule has 0 radical (unpaired) electrons. The van der Waals surface area contributed by atoms with Gasteiger partial charge >= 0.3 is 0 Å². The van der Waals surface area contributed by atoms with Gasteiger partial charge in [-0.15, -0.1) is 0 Å². The molecule has 0 bridgehead atoms. The molecule has 1 heterocycles. The zero-order chi connectivity index (χ0) is 18.4. The number of aliphatic imine (C=N–C) groups is 1. The van der Waals surface area contributed by atoms with Gasteiger partial charge in [0.1, 0.15) is 0 Å². The Morgan fingerprint density at radius 3 is 2.56 bits per heavy atom. The van der Waals surface area contributed by atoms with Gasteiger partial charge in [-0.25, -0.2) is 0 Å². The smallest absolute Gasteiger partial charge is 0.0673 e. The molecule has 0 spiro atoms. The van der Waals surface area contributed by atoms with E-state index >= 15 is 0 Å². The van der Waals surface area contributed by atoms with Gasteiger partial charge in [0.25, 0.3) is 0 Å². The highest BCUT2D eigenvalue weighted by Crippen LogP contribution is 2.39. The van der Waals surface area contributed by atoms with E-state index in [1.165, 1.54) is 22.4 Å². The van der Waals surface area contributed by atoms with Crippen LogP contribution >= 0.6 is 11.6 Å². The van der Waals surface area contributed by atoms with E-state index in [2.05, 4.69) is 62.8 Å². The molecule has 0 saturated carbocycles. The third kappa shape index (κ3) is 3.23. The lowest BCUT2D eigenvalue weighted by atomic mass is 9.87. The number of fused-ring (bicyclic) bond motifs is 1. The highest BCUT2D eigenvalue weighted by atomic mass is 35.5. The van der Waals surface area contributed by atoms with Crippen LogP contribution in [0.25, 0.3) is 5.57 Å². The first kappa shape index (κ1) is 17.8. The van der Waals surface area contributed by atoms with Gasteiger partial charge in [-0.05, 0) is 81.1 Å². The number of likely N-dealkylation sites (N-methyl/N-ethyl adjacent to an activating group) is 1. The Balaban J connectivity index is 2.04. The molecule has 2 aromatic carbocycles. The van der Waals surface area contributed by atoms with E-state index < -0.39 is 0 Å². The number of allylic oxidation sites excluding steroid dienone is 1. The summed E-state index contributed by atoms with van der Waals surface area (Å²) in [7, 11) is 2.16. The molecule has 0 amide bonds. The molecule has 0 atom stereocenters. The van der Waals surface area contributed by atoms with Crippen LogP contribution in [0, 0.1) is 13.8 Å². The van der Waals surface area contributed by atoms with Crippen LogP contribution in [-0.2, 0) is 0 Å². The summed E-state index contributed by atoms with van der Waals surface area (Å²) < 4.78 is 0. The van der Waals surface area contributed by atoms with Gasteiger partial charge in [0.2, 0.25) is 0 Å². The lowest BCUT2D eigenvalue weighted by molar-refractivity contribution is 0.597. The molecule has 2 nitrogen and oxygen atoms in total. The van der Waals surface area contributed by atoms with Crippen LogP contribution < -0.4 is 4.90 Å². The summed E-state index contributed by atoms with van der Waals surface area (Å²) in [4.78, 5) is 7.01. The quantitative estimate of drug-likeness (QED) is 0.576. The Bertz CT molecular complexity index is 891. The SMILES string of the molecule is CC1=CC(C)(C)N(C)c2cc(C)c(C=Nc3cccc(Cl)c3C)cc21. The average Bonchev–Trinajstić information content (AvgIpc) is 2.54. The highest BCUT2D eigenvalue weighted by Gasteiger charge is 2.28. The second kappa shape index (κ2) is 6.34. The van der Waals surface area contributed by atoms with Crippen molar-refractivity contribution in [3.05, 3.63) is 63.7 Å². The van der Waals surface area contributed by atoms with Gasteiger partial charge < -0.3 is 4.90 Å². The van der Waals surface area contributed by atoms with Crippen molar-refractivity contribution in [2.45, 2.75) is 40.2 Å². The second-order valence-corrected chi connectivity index (χ2v) is 7.82. The number of aryl methyl sites for hydroxylation is 1. The fraction of sp³-hybridized carbons (Fsp3) is 0.318. The highest BCUT2D eigenvalue weighted by molar-refractivity contribution is 6.31. The maximum Gasteiger partial charge on any atom is 0.0673 e. The molecule has 3 heteroatoms. The summed E-state index contributed by atoms with van der Waals surface area (Å²) in [5, 5.41) is 0.749. The number of hydrogen-bond acceptors (Lipinski definition) is 2. The minimum atomic E-state index is 0.0248. The van der Waals surface area contributed by atoms with Crippen LogP contribution in [0.15, 0.2) is 41.4 Å². The fourth-order valence-electron chi connectivity index (χ4n) is 3.33. The zero-order valence-electron chi connectivity index (χ0n) is 15.8. The lowest BCUT2D eigenvalue weighted by Crippen LogP contribution is -2.42. The molecule has 0 unspecified atom stereocenters. The number of anilines is 1. The van der Waals surface area contributed by atoms with Crippen molar-refractivity contribution in [1.82, 2.24) is 0 Å². The first-order valence-electron chi connectivity index (χ1n) is 8.58. The number of hydrogen-bond donors (Lipinski definition) is 0. The number of nitrogens with zero attached hydrogens (tertiary/aromatic N) is 2. The maximum absolute atomic E-state index is 6.20. The summed E-state index contributed by atoms with van der Waals surface area (Å²) in [6.07, 6.45) is 4.27. The molecule has 25 heavy (non-hydrogen) atoms. The monoisotopic (exact) mass is 352 g/mol. The fourth-order valence-corrected chi connectivity index (χ4v) is 3.50. The van der Waals surface area contributed by atoms with E-state index in [4.69, 9.17) is 11.6 Å². The minimum Gasteiger partial charge on any atom is -0.365 e. The van der Waals surface area contributed by atoms with Crippen LogP contribution in [0.5, 0.6) is 0 Å². The van der Waals surface area contributed by atoms with Crippen molar-refractivity contribution in [3.8, 4) is 0 Å². The molecular formula is C22H25ClN2. The van der Waals surface area contributed by atoms with Gasteiger partial charge in [-0.2, -0.15) is 0 Å². The van der Waals surface area contributed by atoms with Crippen molar-refractivity contribution in [2.75, 3.05) is 11.9 Å². The van der Waals surface area contributed by atoms with Crippen molar-refractivity contribution < 1.29 is 0 Å². The summed E-state index contributed by atoms with van der Waals surface area (Å²) >= 11 is 6.20. The Hall–Kier alpha value is -2.06. The van der Waals surface area contributed by atoms with Gasteiger partial charge in [-0.1, -0.05) is 23.7 Å². The van der Waals surface area contributed by atoms with Gasteiger partial charge in [-0.3, -0.25) is 4.99 Å². The van der Waals surface area contributed by atoms with Gasteiger partial charge in [0, 0.05) is 29.5 Å². The Kier molecular flexibility index (Phi) is 4.51. The molecule has 0 aromatic heterocycles. The lowest BCUT2D eigenvalue weighted by Gasteiger charge is -2.41. The largest absolute Gasteiger partial charge is 0.365 e. The molecule has 0 fully saturated rings. The Morgan fingerprint density at radius 1 is 1.12 bits per heavy atom. The van der Waals surface area contributed by atoms with Crippen molar-refractivity contribution >= 4 is 34.8 Å². The predicted octanol–water partition coefficient (Wildman–Crippen LogP) is 6.34. The summed E-state index contributed by atoms with van der Waals surface area (Å²) in [6, 6.07) is 10.3. The molecule has 3 rings (SSSR count). The minimum absolute atomic E-state index is 0.0248. The molecule has 130 valence electrons. The molecule has 0 saturated heterocycles. The van der Waals surface area contributed by atoms with Crippen molar-refractivity contribution in [2.24, 2.45) is 4.99 Å². The van der Waals surface area contributed by atoms with E-state index in [1.807, 2.05) is 31.3 Å². The summed E-state index contributed by atoms with van der Waals surface area (Å²) in [5.41, 5.74) is 8.17. The standard InChI is InChI=1S/C22H25ClN2/c1-14-10-21-18(15(2)12-22(4,5)25(21)6)11-17(14)13-24-20-9-7-8-19(23)16(20)3/h7-13H,1-6H3. The number of halogens is 1. The number of rotatable bonds is 2. The zero-order valence-corrected chi connectivity index (χ0v) is 16.6. The van der Waals surface area contributed by atoms with E-state index in [1.54, 1.807) is 0 Å². The van der Waals surface area contributed by atoms with E-state index in [-0.39, 0.29) is 5.54 Å². The molecule has 0 aliphatic carbocycles. The Labute approximate surface area is 155 Å². The Morgan fingerprint density at radius 2 is 1.84 bits per heavy atom. The molecule has 1 aliphatic rings.